The number of nitrogens with zero attached hydrogens (tertiary/aromatic N) is 2. The first-order valence-corrected chi connectivity index (χ1v) is 11.8. The Hall–Kier alpha value is -2.23. The summed E-state index contributed by atoms with van der Waals surface area (Å²) in [5.74, 6) is -0.513. The third-order valence-corrected chi connectivity index (χ3v) is 7.13. The van der Waals surface area contributed by atoms with Crippen LogP contribution in [0.15, 0.2) is 51.5 Å². The van der Waals surface area contributed by atoms with Crippen molar-refractivity contribution in [2.45, 2.75) is 18.7 Å². The van der Waals surface area contributed by atoms with Crippen LogP contribution in [-0.2, 0) is 10.0 Å². The van der Waals surface area contributed by atoms with Gasteiger partial charge in [-0.3, -0.25) is 4.72 Å². The molecule has 0 radical (unpaired) electrons. The zero-order chi connectivity index (χ0) is 23.8. The molecule has 3 aromatic rings. The second kappa shape index (κ2) is 9.33. The van der Waals surface area contributed by atoms with Crippen LogP contribution in [0.3, 0.4) is 0 Å². The van der Waals surface area contributed by atoms with E-state index in [4.69, 9.17) is 46.4 Å². The molecular formula is C20H15Cl4N3O4S. The van der Waals surface area contributed by atoms with Crippen molar-refractivity contribution in [3.8, 4) is 11.5 Å². The summed E-state index contributed by atoms with van der Waals surface area (Å²) in [5, 5.41) is 27.3. The van der Waals surface area contributed by atoms with Crippen molar-refractivity contribution in [2.24, 2.45) is 10.2 Å². The predicted molar refractivity (Wildman–Crippen MR) is 127 cm³/mol. The van der Waals surface area contributed by atoms with Gasteiger partial charge in [0.2, 0.25) is 0 Å². The molecule has 3 N–H and O–H groups in total. The molecule has 3 aromatic carbocycles. The Morgan fingerprint density at radius 2 is 1.38 bits per heavy atom. The van der Waals surface area contributed by atoms with E-state index in [0.29, 0.717) is 0 Å². The number of benzene rings is 3. The third-order valence-electron chi connectivity index (χ3n) is 4.42. The normalized spacial score (nSPS) is 11.8. The lowest BCUT2D eigenvalue weighted by Gasteiger charge is -2.13. The molecule has 0 aliphatic rings. The number of phenols is 2. The maximum atomic E-state index is 12.8. The van der Waals surface area contributed by atoms with Gasteiger partial charge in [0.05, 0.1) is 31.5 Å². The van der Waals surface area contributed by atoms with Crippen molar-refractivity contribution in [1.82, 2.24) is 0 Å². The highest BCUT2D eigenvalue weighted by Gasteiger charge is 2.22. The van der Waals surface area contributed by atoms with E-state index in [2.05, 4.69) is 15.0 Å². The second-order valence-electron chi connectivity index (χ2n) is 6.75. The first-order valence-electron chi connectivity index (χ1n) is 8.81. The van der Waals surface area contributed by atoms with Gasteiger partial charge in [-0.05, 0) is 61.4 Å². The molecule has 0 saturated heterocycles. The van der Waals surface area contributed by atoms with Gasteiger partial charge in [0.15, 0.2) is 5.75 Å². The van der Waals surface area contributed by atoms with Crippen LogP contribution in [0.1, 0.15) is 11.1 Å². The third kappa shape index (κ3) is 5.22. The summed E-state index contributed by atoms with van der Waals surface area (Å²) >= 11 is 24.1. The molecule has 0 heterocycles. The lowest BCUT2D eigenvalue weighted by atomic mass is 10.1. The number of azo groups is 1. The van der Waals surface area contributed by atoms with Crippen LogP contribution >= 0.6 is 46.4 Å². The molecule has 168 valence electrons. The summed E-state index contributed by atoms with van der Waals surface area (Å²) in [5.41, 5.74) is 1.91. The van der Waals surface area contributed by atoms with E-state index in [1.54, 1.807) is 13.8 Å². The first-order chi connectivity index (χ1) is 14.9. The van der Waals surface area contributed by atoms with E-state index < -0.39 is 10.0 Å². The number of sulfonamides is 1. The maximum Gasteiger partial charge on any atom is 0.263 e. The number of aryl methyl sites for hydroxylation is 2. The van der Waals surface area contributed by atoms with Crippen LogP contribution < -0.4 is 4.72 Å². The highest BCUT2D eigenvalue weighted by molar-refractivity contribution is 7.92. The monoisotopic (exact) mass is 533 g/mol. The first kappa shape index (κ1) is 24.4. The number of aromatic hydroxyl groups is 2. The van der Waals surface area contributed by atoms with E-state index in [1.807, 2.05) is 0 Å². The number of phenolic OH excluding ortho intramolecular Hbond substituents is 2. The van der Waals surface area contributed by atoms with Gasteiger partial charge < -0.3 is 10.2 Å². The average molecular weight is 535 g/mol. The molecule has 32 heavy (non-hydrogen) atoms. The minimum Gasteiger partial charge on any atom is -0.506 e. The van der Waals surface area contributed by atoms with Crippen LogP contribution in [0.4, 0.5) is 17.1 Å². The van der Waals surface area contributed by atoms with Crippen molar-refractivity contribution in [3.63, 3.8) is 0 Å². The van der Waals surface area contributed by atoms with Crippen LogP contribution in [0.25, 0.3) is 0 Å². The van der Waals surface area contributed by atoms with Crippen molar-refractivity contribution in [2.75, 3.05) is 4.72 Å². The van der Waals surface area contributed by atoms with E-state index in [9.17, 15) is 18.6 Å². The molecule has 0 amide bonds. The summed E-state index contributed by atoms with van der Waals surface area (Å²) in [6.07, 6.45) is 0. The lowest BCUT2D eigenvalue weighted by molar-refractivity contribution is 0.475. The Labute approximate surface area is 204 Å². The molecule has 0 spiro atoms. The summed E-state index contributed by atoms with van der Waals surface area (Å²) in [6.45, 7) is 3.57. The van der Waals surface area contributed by atoms with Gasteiger partial charge in [-0.15, -0.1) is 5.11 Å². The van der Waals surface area contributed by atoms with Crippen molar-refractivity contribution < 1.29 is 18.6 Å². The minimum absolute atomic E-state index is 0.00476. The fourth-order valence-corrected chi connectivity index (χ4v) is 4.96. The Morgan fingerprint density at radius 3 is 2.00 bits per heavy atom. The molecule has 0 aliphatic carbocycles. The molecule has 0 bridgehead atoms. The van der Waals surface area contributed by atoms with E-state index >= 15 is 0 Å². The highest BCUT2D eigenvalue weighted by Crippen LogP contribution is 2.39. The smallest absolute Gasteiger partial charge is 0.263 e. The van der Waals surface area contributed by atoms with Crippen molar-refractivity contribution in [1.29, 1.82) is 0 Å². The van der Waals surface area contributed by atoms with Crippen LogP contribution in [0.2, 0.25) is 20.1 Å². The number of hydrogen-bond acceptors (Lipinski definition) is 6. The number of hydrogen-bond donors (Lipinski definition) is 3. The Kier molecular flexibility index (Phi) is 7.12. The number of nitrogens with one attached hydrogen (secondary N) is 1. The molecule has 7 nitrogen and oxygen atoms in total. The molecule has 0 aromatic heterocycles. The Balaban J connectivity index is 1.94. The highest BCUT2D eigenvalue weighted by atomic mass is 35.5. The molecule has 12 heteroatoms. The zero-order valence-corrected chi connectivity index (χ0v) is 20.3. The predicted octanol–water partition coefficient (Wildman–Crippen LogP) is 7.54. The molecule has 0 aliphatic heterocycles. The summed E-state index contributed by atoms with van der Waals surface area (Å²) in [4.78, 5) is -0.309. The molecule has 0 atom stereocenters. The van der Waals surface area contributed by atoms with Gasteiger partial charge in [0, 0.05) is 0 Å². The maximum absolute atomic E-state index is 12.8. The van der Waals surface area contributed by atoms with Crippen LogP contribution in [-0.4, -0.2) is 18.6 Å². The SMILES string of the molecule is Cc1cc(O)c(NS(=O)(=O)c2cc(Cl)c(N=Nc3cc(Cl)c(O)c(Cl)c3)cc2Cl)cc1C. The largest absolute Gasteiger partial charge is 0.506 e. The van der Waals surface area contributed by atoms with Gasteiger partial charge in [0.1, 0.15) is 16.3 Å². The van der Waals surface area contributed by atoms with Gasteiger partial charge in [-0.2, -0.15) is 5.11 Å². The van der Waals surface area contributed by atoms with Gasteiger partial charge in [0.25, 0.3) is 10.0 Å². The molecule has 3 rings (SSSR count). The Morgan fingerprint density at radius 1 is 0.781 bits per heavy atom. The second-order valence-corrected chi connectivity index (χ2v) is 10.0. The molecular weight excluding hydrogens is 520 g/mol. The molecule has 0 unspecified atom stereocenters. The van der Waals surface area contributed by atoms with Gasteiger partial charge in [-0.25, -0.2) is 8.42 Å². The lowest BCUT2D eigenvalue weighted by Crippen LogP contribution is -2.14. The van der Waals surface area contributed by atoms with Gasteiger partial charge >= 0.3 is 0 Å². The molecule has 0 saturated carbocycles. The Bertz CT molecular complexity index is 1340. The summed E-state index contributed by atoms with van der Waals surface area (Å²) in [7, 11) is -4.18. The van der Waals surface area contributed by atoms with Gasteiger partial charge in [-0.1, -0.05) is 46.4 Å². The van der Waals surface area contributed by atoms with E-state index in [1.165, 1.54) is 30.3 Å². The molecule has 0 fully saturated rings. The number of rotatable bonds is 5. The summed E-state index contributed by atoms with van der Waals surface area (Å²) in [6, 6.07) is 7.98. The minimum atomic E-state index is -4.18. The van der Waals surface area contributed by atoms with E-state index in [0.717, 1.165) is 17.2 Å². The van der Waals surface area contributed by atoms with Crippen LogP contribution in [0.5, 0.6) is 11.5 Å². The standard InChI is InChI=1S/C20H15Cl4N3O4S/c1-9-3-17(18(28)4-10(9)2)27-32(30,31)19-8-12(21)16(7-13(19)22)26-25-11-5-14(23)20(29)15(24)6-11/h3-8,27-29H,1-2H3. The van der Waals surface area contributed by atoms with E-state index in [-0.39, 0.29) is 53.5 Å². The average Bonchev–Trinajstić information content (AvgIpc) is 2.70. The van der Waals surface area contributed by atoms with Crippen LogP contribution in [0, 0.1) is 13.8 Å². The fourth-order valence-electron chi connectivity index (χ4n) is 2.60. The fraction of sp³-hybridized carbons (Fsp3) is 0.100. The quantitative estimate of drug-likeness (QED) is 0.232. The van der Waals surface area contributed by atoms with Crippen molar-refractivity contribution >= 4 is 73.5 Å². The number of anilines is 1. The van der Waals surface area contributed by atoms with Crippen molar-refractivity contribution in [3.05, 3.63) is 67.6 Å². The zero-order valence-electron chi connectivity index (χ0n) is 16.5. The topological polar surface area (TPSA) is 111 Å². The summed E-state index contributed by atoms with van der Waals surface area (Å²) < 4.78 is 28.0. The number of halogens is 4.